The Morgan fingerprint density at radius 2 is 1.67 bits per heavy atom. The van der Waals surface area contributed by atoms with Crippen LogP contribution in [0.2, 0.25) is 0 Å². The summed E-state index contributed by atoms with van der Waals surface area (Å²) in [5, 5.41) is 0. The number of benzene rings is 1. The Morgan fingerprint density at radius 1 is 1.07 bits per heavy atom. The second kappa shape index (κ2) is 9.23. The molecule has 154 valence electrons. The summed E-state index contributed by atoms with van der Waals surface area (Å²) in [4.78, 5) is 4.82. The first-order chi connectivity index (χ1) is 12.7. The zero-order chi connectivity index (χ0) is 20.2. The van der Waals surface area contributed by atoms with Crippen LogP contribution in [-0.2, 0) is 10.0 Å². The van der Waals surface area contributed by atoms with E-state index in [-0.39, 0.29) is 17.0 Å². The van der Waals surface area contributed by atoms with Crippen LogP contribution in [0.15, 0.2) is 23.1 Å². The third-order valence-electron chi connectivity index (χ3n) is 5.08. The fourth-order valence-corrected chi connectivity index (χ4v) is 5.26. The summed E-state index contributed by atoms with van der Waals surface area (Å²) in [6, 6.07) is 5.09. The molecule has 2 rings (SSSR count). The third-order valence-corrected chi connectivity index (χ3v) is 6.91. The topological polar surface area (TPSA) is 62.3 Å². The summed E-state index contributed by atoms with van der Waals surface area (Å²) < 4.78 is 38.4. The van der Waals surface area contributed by atoms with Gasteiger partial charge < -0.3 is 14.4 Å². The number of nitrogens with zero attached hydrogens (tertiary/aromatic N) is 3. The highest BCUT2D eigenvalue weighted by atomic mass is 32.2. The van der Waals surface area contributed by atoms with Crippen LogP contribution < -0.4 is 9.47 Å². The Morgan fingerprint density at radius 3 is 2.19 bits per heavy atom. The molecule has 0 radical (unpaired) electrons. The van der Waals surface area contributed by atoms with Crippen molar-refractivity contribution in [3.63, 3.8) is 0 Å². The molecular weight excluding hydrogens is 366 g/mol. The van der Waals surface area contributed by atoms with Gasteiger partial charge in [0.1, 0.15) is 0 Å². The van der Waals surface area contributed by atoms with E-state index < -0.39 is 10.0 Å². The Bertz CT molecular complexity index is 712. The number of sulfonamides is 1. The van der Waals surface area contributed by atoms with Crippen LogP contribution in [0.25, 0.3) is 0 Å². The molecule has 7 nitrogen and oxygen atoms in total. The first-order valence-corrected chi connectivity index (χ1v) is 10.8. The first-order valence-electron chi connectivity index (χ1n) is 9.33. The molecule has 27 heavy (non-hydrogen) atoms. The van der Waals surface area contributed by atoms with Crippen molar-refractivity contribution in [1.82, 2.24) is 14.1 Å². The van der Waals surface area contributed by atoms with Crippen molar-refractivity contribution in [1.29, 1.82) is 0 Å². The Balaban J connectivity index is 2.14. The highest BCUT2D eigenvalue weighted by molar-refractivity contribution is 7.89. The molecule has 0 aliphatic carbocycles. The van der Waals surface area contributed by atoms with E-state index in [2.05, 4.69) is 37.7 Å². The highest BCUT2D eigenvalue weighted by Gasteiger charge is 2.36. The quantitative estimate of drug-likeness (QED) is 0.664. The van der Waals surface area contributed by atoms with Gasteiger partial charge in [-0.25, -0.2) is 8.42 Å². The number of hydrogen-bond donors (Lipinski definition) is 0. The fraction of sp³-hybridized carbons (Fsp3) is 0.684. The van der Waals surface area contributed by atoms with Gasteiger partial charge in [-0.15, -0.1) is 0 Å². The van der Waals surface area contributed by atoms with Crippen LogP contribution in [-0.4, -0.2) is 89.1 Å². The number of piperazine rings is 1. The van der Waals surface area contributed by atoms with Gasteiger partial charge in [0.15, 0.2) is 11.5 Å². The van der Waals surface area contributed by atoms with Crippen molar-refractivity contribution < 1.29 is 17.9 Å². The predicted molar refractivity (Wildman–Crippen MR) is 107 cm³/mol. The molecule has 1 aliphatic rings. The molecule has 1 aromatic rings. The van der Waals surface area contributed by atoms with Gasteiger partial charge in [0.2, 0.25) is 10.0 Å². The Labute approximate surface area is 163 Å². The van der Waals surface area contributed by atoms with Crippen molar-refractivity contribution in [3.05, 3.63) is 18.2 Å². The largest absolute Gasteiger partial charge is 0.493 e. The minimum absolute atomic E-state index is 0.172. The van der Waals surface area contributed by atoms with Gasteiger partial charge >= 0.3 is 0 Å². The Kier molecular flexibility index (Phi) is 7.50. The Hall–Kier alpha value is -1.35. The van der Waals surface area contributed by atoms with Gasteiger partial charge in [0, 0.05) is 37.8 Å². The molecule has 0 aromatic heterocycles. The second-order valence-corrected chi connectivity index (χ2v) is 9.37. The van der Waals surface area contributed by atoms with Crippen molar-refractivity contribution >= 4 is 10.0 Å². The molecule has 0 N–H and O–H groups in total. The van der Waals surface area contributed by atoms with E-state index in [0.29, 0.717) is 24.6 Å². The molecule has 0 saturated carbocycles. The number of methoxy groups -OCH3 is 2. The van der Waals surface area contributed by atoms with E-state index in [9.17, 15) is 8.42 Å². The predicted octanol–water partition coefficient (Wildman–Crippen LogP) is 1.74. The summed E-state index contributed by atoms with van der Waals surface area (Å²) in [5.74, 6) is 0.936. The standard InChI is InChI=1S/C19H33N3O4S/c1-15-13-21(14-16(2)22(15)11-7-10-20(3)4)27(23,24)17-8-9-18(25-5)19(12-17)26-6/h8-9,12,15-16H,7,10-11,13-14H2,1-6H3. The van der Waals surface area contributed by atoms with Crippen molar-refractivity contribution in [2.24, 2.45) is 0 Å². The van der Waals surface area contributed by atoms with Crippen LogP contribution in [0.5, 0.6) is 11.5 Å². The molecule has 2 atom stereocenters. The normalized spacial score (nSPS) is 22.2. The average molecular weight is 400 g/mol. The molecule has 1 aromatic carbocycles. The van der Waals surface area contributed by atoms with Crippen LogP contribution in [0.1, 0.15) is 20.3 Å². The minimum Gasteiger partial charge on any atom is -0.493 e. The smallest absolute Gasteiger partial charge is 0.243 e. The lowest BCUT2D eigenvalue weighted by Gasteiger charge is -2.44. The SMILES string of the molecule is COc1ccc(S(=O)(=O)N2CC(C)N(CCCN(C)C)C(C)C2)cc1OC. The van der Waals surface area contributed by atoms with Crippen molar-refractivity contribution in [2.45, 2.75) is 37.2 Å². The minimum atomic E-state index is -3.58. The maximum Gasteiger partial charge on any atom is 0.243 e. The summed E-state index contributed by atoms with van der Waals surface area (Å²) in [6.07, 6.45) is 1.07. The lowest BCUT2D eigenvalue weighted by Crippen LogP contribution is -2.58. The molecule has 1 fully saturated rings. The maximum absolute atomic E-state index is 13.2. The monoisotopic (exact) mass is 399 g/mol. The zero-order valence-electron chi connectivity index (χ0n) is 17.3. The molecule has 1 heterocycles. The number of rotatable bonds is 8. The lowest BCUT2D eigenvalue weighted by atomic mass is 10.1. The van der Waals surface area contributed by atoms with Crippen molar-refractivity contribution in [2.75, 3.05) is 54.5 Å². The molecule has 8 heteroatoms. The maximum atomic E-state index is 13.2. The van der Waals surface area contributed by atoms with Crippen molar-refractivity contribution in [3.8, 4) is 11.5 Å². The summed E-state index contributed by atoms with van der Waals surface area (Å²) >= 11 is 0. The van der Waals surface area contributed by atoms with Crippen LogP contribution in [0.4, 0.5) is 0 Å². The summed E-state index contributed by atoms with van der Waals surface area (Å²) in [7, 11) is 3.60. The fourth-order valence-electron chi connectivity index (χ4n) is 3.64. The molecular formula is C19H33N3O4S. The second-order valence-electron chi connectivity index (χ2n) is 7.43. The van der Waals surface area contributed by atoms with E-state index in [4.69, 9.17) is 9.47 Å². The molecule has 0 spiro atoms. The molecule has 2 unspecified atom stereocenters. The number of hydrogen-bond acceptors (Lipinski definition) is 6. The molecule has 0 amide bonds. The first kappa shape index (κ1) is 21.9. The zero-order valence-corrected chi connectivity index (χ0v) is 18.1. The van der Waals surface area contributed by atoms with Gasteiger partial charge in [-0.2, -0.15) is 4.31 Å². The van der Waals surface area contributed by atoms with E-state index in [1.54, 1.807) is 16.4 Å². The highest BCUT2D eigenvalue weighted by Crippen LogP contribution is 2.31. The summed E-state index contributed by atoms with van der Waals surface area (Å²) in [5.41, 5.74) is 0. The third kappa shape index (κ3) is 5.13. The summed E-state index contributed by atoms with van der Waals surface area (Å²) in [6.45, 7) is 7.19. The van der Waals surface area contributed by atoms with Crippen LogP contribution in [0, 0.1) is 0 Å². The van der Waals surface area contributed by atoms with Gasteiger partial charge in [-0.05, 0) is 53.0 Å². The van der Waals surface area contributed by atoms with E-state index in [1.807, 2.05) is 0 Å². The number of ether oxygens (including phenoxy) is 2. The molecule has 1 saturated heterocycles. The van der Waals surface area contributed by atoms with E-state index in [1.165, 1.54) is 20.3 Å². The van der Waals surface area contributed by atoms with Gasteiger partial charge in [0.25, 0.3) is 0 Å². The van der Waals surface area contributed by atoms with Gasteiger partial charge in [0.05, 0.1) is 19.1 Å². The van der Waals surface area contributed by atoms with E-state index >= 15 is 0 Å². The molecule has 0 bridgehead atoms. The van der Waals surface area contributed by atoms with Crippen LogP contribution in [0.3, 0.4) is 0 Å². The van der Waals surface area contributed by atoms with Gasteiger partial charge in [-0.3, -0.25) is 4.90 Å². The average Bonchev–Trinajstić information content (AvgIpc) is 2.62. The van der Waals surface area contributed by atoms with Gasteiger partial charge in [-0.1, -0.05) is 0 Å². The van der Waals surface area contributed by atoms with E-state index in [0.717, 1.165) is 19.5 Å². The van der Waals surface area contributed by atoms with Crippen LogP contribution >= 0.6 is 0 Å². The lowest BCUT2D eigenvalue weighted by molar-refractivity contribution is 0.0740. The molecule has 1 aliphatic heterocycles.